The molecule has 0 unspecified atom stereocenters. The SMILES string of the molecule is CCSC1=C(SCC)SC(=C2Sc3sc(=S)sc3S2)S1. The fourth-order valence-corrected chi connectivity index (χ4v) is 14.0. The molecule has 0 saturated heterocycles. The molecule has 2 aliphatic heterocycles. The number of rotatable bonds is 4. The van der Waals surface area contributed by atoms with Crippen molar-refractivity contribution in [3.05, 3.63) is 20.1 Å². The average Bonchev–Trinajstić information content (AvgIpc) is 3.03. The van der Waals surface area contributed by atoms with Gasteiger partial charge in [-0.15, -0.1) is 46.2 Å². The third-order valence-electron chi connectivity index (χ3n) is 2.14. The van der Waals surface area contributed by atoms with E-state index in [1.165, 1.54) is 25.4 Å². The summed E-state index contributed by atoms with van der Waals surface area (Å²) in [5.41, 5.74) is 0. The highest BCUT2D eigenvalue weighted by molar-refractivity contribution is 8.42. The summed E-state index contributed by atoms with van der Waals surface area (Å²) < 4.78 is 9.76. The number of thioether (sulfide) groups is 6. The maximum absolute atomic E-state index is 5.27. The van der Waals surface area contributed by atoms with E-state index < -0.39 is 0 Å². The van der Waals surface area contributed by atoms with Crippen LogP contribution < -0.4 is 0 Å². The molecule has 0 N–H and O–H groups in total. The second kappa shape index (κ2) is 7.61. The molecule has 0 nitrogen and oxygen atoms in total. The second-order valence-electron chi connectivity index (χ2n) is 3.45. The van der Waals surface area contributed by atoms with Gasteiger partial charge < -0.3 is 0 Å². The van der Waals surface area contributed by atoms with Crippen LogP contribution in [0.1, 0.15) is 13.8 Å². The smallest absolute Gasteiger partial charge is 0.118 e. The van der Waals surface area contributed by atoms with Gasteiger partial charge in [0.25, 0.3) is 0 Å². The maximum Gasteiger partial charge on any atom is 0.145 e. The molecule has 0 fully saturated rings. The minimum atomic E-state index is 1.05. The van der Waals surface area contributed by atoms with Gasteiger partial charge in [-0.05, 0) is 11.5 Å². The van der Waals surface area contributed by atoms with Gasteiger partial charge in [-0.2, -0.15) is 0 Å². The molecule has 0 aromatic carbocycles. The fraction of sp³-hybridized carbons (Fsp3) is 0.364. The number of fused-ring (bicyclic) bond motifs is 1. The van der Waals surface area contributed by atoms with Gasteiger partial charge >= 0.3 is 0 Å². The van der Waals surface area contributed by atoms with E-state index >= 15 is 0 Å². The standard InChI is InChI=1S/C11H10S9/c1-3-13-5-6(14-4-2)16-7(15-5)8-17-9-10(18-8)20-11(12)19-9/h3-4H2,1-2H3. The predicted octanol–water partition coefficient (Wildman–Crippen LogP) is 7.98. The van der Waals surface area contributed by atoms with Crippen molar-refractivity contribution in [2.45, 2.75) is 22.3 Å². The zero-order valence-corrected chi connectivity index (χ0v) is 17.9. The quantitative estimate of drug-likeness (QED) is 0.438. The Balaban J connectivity index is 1.79. The van der Waals surface area contributed by atoms with Crippen LogP contribution in [0, 0.1) is 3.14 Å². The van der Waals surface area contributed by atoms with Crippen molar-refractivity contribution in [2.24, 2.45) is 0 Å². The van der Waals surface area contributed by atoms with Crippen LogP contribution >= 0.6 is 105 Å². The van der Waals surface area contributed by atoms with Crippen LogP contribution in [0.4, 0.5) is 0 Å². The summed E-state index contributed by atoms with van der Waals surface area (Å²) in [5, 5.41) is 0. The number of hydrogen-bond donors (Lipinski definition) is 0. The van der Waals surface area contributed by atoms with E-state index in [4.69, 9.17) is 12.2 Å². The number of hydrogen-bond acceptors (Lipinski definition) is 9. The Morgan fingerprint density at radius 1 is 0.800 bits per heavy atom. The summed E-state index contributed by atoms with van der Waals surface area (Å²) in [4.78, 5) is 0. The first kappa shape index (κ1) is 16.7. The van der Waals surface area contributed by atoms with Gasteiger partial charge in [0.1, 0.15) is 3.14 Å². The van der Waals surface area contributed by atoms with Crippen molar-refractivity contribution in [3.8, 4) is 0 Å². The van der Waals surface area contributed by atoms with Crippen molar-refractivity contribution in [2.75, 3.05) is 11.5 Å². The van der Waals surface area contributed by atoms with E-state index in [0.717, 1.165) is 14.6 Å². The van der Waals surface area contributed by atoms with E-state index in [1.807, 2.05) is 70.6 Å². The van der Waals surface area contributed by atoms with Gasteiger partial charge in [-0.3, -0.25) is 0 Å². The van der Waals surface area contributed by atoms with Gasteiger partial charge in [0.05, 0.1) is 25.4 Å². The lowest BCUT2D eigenvalue weighted by Gasteiger charge is -2.00. The van der Waals surface area contributed by atoms with E-state index in [0.29, 0.717) is 0 Å². The van der Waals surface area contributed by atoms with Gasteiger partial charge in [-0.25, -0.2) is 0 Å². The Bertz CT molecular complexity index is 584. The zero-order chi connectivity index (χ0) is 14.1. The summed E-state index contributed by atoms with van der Waals surface area (Å²) in [5.74, 6) is 2.29. The van der Waals surface area contributed by atoms with E-state index in [-0.39, 0.29) is 0 Å². The molecule has 0 saturated carbocycles. The highest BCUT2D eigenvalue weighted by Gasteiger charge is 2.29. The first-order valence-electron chi connectivity index (χ1n) is 5.80. The Labute approximate surface area is 157 Å². The first-order valence-corrected chi connectivity index (χ1v) is 13.1. The molecule has 0 bridgehead atoms. The van der Waals surface area contributed by atoms with E-state index in [9.17, 15) is 0 Å². The van der Waals surface area contributed by atoms with Crippen molar-refractivity contribution in [1.29, 1.82) is 0 Å². The van der Waals surface area contributed by atoms with Crippen molar-refractivity contribution >= 4 is 105 Å². The lowest BCUT2D eigenvalue weighted by atomic mass is 11.0. The molecule has 9 heteroatoms. The summed E-state index contributed by atoms with van der Waals surface area (Å²) in [6.07, 6.45) is 0. The topological polar surface area (TPSA) is 0 Å². The molecule has 1 aromatic rings. The fourth-order valence-electron chi connectivity index (χ4n) is 1.45. The maximum atomic E-state index is 5.27. The lowest BCUT2D eigenvalue weighted by molar-refractivity contribution is 1.53. The van der Waals surface area contributed by atoms with Crippen LogP contribution in [-0.4, -0.2) is 11.5 Å². The summed E-state index contributed by atoms with van der Waals surface area (Å²) in [6.45, 7) is 4.46. The van der Waals surface area contributed by atoms with Crippen LogP contribution in [0.5, 0.6) is 0 Å². The van der Waals surface area contributed by atoms with Gasteiger partial charge in [0, 0.05) is 0 Å². The van der Waals surface area contributed by atoms with E-state index in [2.05, 4.69) is 13.8 Å². The molecule has 0 spiro atoms. The van der Waals surface area contributed by atoms with Gasteiger partial charge in [0.15, 0.2) is 0 Å². The normalized spacial score (nSPS) is 18.3. The van der Waals surface area contributed by atoms with Crippen molar-refractivity contribution in [1.82, 2.24) is 0 Å². The second-order valence-corrected chi connectivity index (χ2v) is 14.9. The first-order chi connectivity index (χ1) is 9.71. The van der Waals surface area contributed by atoms with Crippen LogP contribution in [-0.2, 0) is 0 Å². The molecule has 0 amide bonds. The zero-order valence-electron chi connectivity index (χ0n) is 10.6. The summed E-state index contributed by atoms with van der Waals surface area (Å²) >= 11 is 20.5. The van der Waals surface area contributed by atoms with Gasteiger partial charge in [-0.1, -0.05) is 73.1 Å². The minimum absolute atomic E-state index is 1.05. The highest BCUT2D eigenvalue weighted by atomic mass is 32.3. The Kier molecular flexibility index (Phi) is 6.36. The van der Waals surface area contributed by atoms with Crippen LogP contribution in [0.15, 0.2) is 25.4 Å². The molecule has 0 radical (unpaired) electrons. The molecule has 108 valence electrons. The minimum Gasteiger partial charge on any atom is -0.118 e. The molecular weight excluding hydrogens is 421 g/mol. The molecule has 3 rings (SSSR count). The third kappa shape index (κ3) is 3.67. The molecule has 1 aromatic heterocycles. The summed E-state index contributed by atoms with van der Waals surface area (Å²) in [7, 11) is 0. The highest BCUT2D eigenvalue weighted by Crippen LogP contribution is 2.65. The molecule has 2 aliphatic rings. The molecular formula is C11H10S9. The summed E-state index contributed by atoms with van der Waals surface area (Å²) in [6, 6.07) is 0. The largest absolute Gasteiger partial charge is 0.145 e. The van der Waals surface area contributed by atoms with E-state index in [1.54, 1.807) is 22.7 Å². The Hall–Kier alpha value is 1.85. The molecule has 0 aliphatic carbocycles. The molecule has 20 heavy (non-hydrogen) atoms. The average molecular weight is 431 g/mol. The lowest BCUT2D eigenvalue weighted by Crippen LogP contribution is -1.72. The van der Waals surface area contributed by atoms with Crippen LogP contribution in [0.3, 0.4) is 0 Å². The van der Waals surface area contributed by atoms with Crippen molar-refractivity contribution < 1.29 is 0 Å². The molecule has 0 atom stereocenters. The third-order valence-corrected chi connectivity index (χ3v) is 13.6. The van der Waals surface area contributed by atoms with Gasteiger partial charge in [0.2, 0.25) is 0 Å². The van der Waals surface area contributed by atoms with Crippen LogP contribution in [0.25, 0.3) is 0 Å². The van der Waals surface area contributed by atoms with Crippen molar-refractivity contribution in [3.63, 3.8) is 0 Å². The molecule has 3 heterocycles. The predicted molar refractivity (Wildman–Crippen MR) is 110 cm³/mol. The Morgan fingerprint density at radius 3 is 1.70 bits per heavy atom. The monoisotopic (exact) mass is 430 g/mol. The van der Waals surface area contributed by atoms with Crippen LogP contribution in [0.2, 0.25) is 0 Å². The Morgan fingerprint density at radius 2 is 1.25 bits per heavy atom.